The predicted molar refractivity (Wildman–Crippen MR) is 131 cm³/mol. The molecule has 0 N–H and O–H groups in total. The van der Waals surface area contributed by atoms with E-state index in [9.17, 15) is 17.6 Å². The summed E-state index contributed by atoms with van der Waals surface area (Å²) in [6.45, 7) is 2.23. The minimum absolute atomic E-state index is 0.280. The summed E-state index contributed by atoms with van der Waals surface area (Å²) in [6, 6.07) is 16.1. The number of unbranched alkanes of at least 4 members (excludes halogenated alkanes) is 4. The highest BCUT2D eigenvalue weighted by molar-refractivity contribution is 5.74. The van der Waals surface area contributed by atoms with Crippen LogP contribution in [0.25, 0.3) is 11.1 Å². The van der Waals surface area contributed by atoms with Gasteiger partial charge in [0, 0.05) is 11.1 Å². The molecule has 0 fully saturated rings. The SMILES string of the molecule is CCCCCCCc1ccc2c(c1)CCc1cc(C#Cc3ccc(OC(F)(F)F)c(F)c3)ccc1-2. The van der Waals surface area contributed by atoms with Crippen LogP contribution in [0.5, 0.6) is 5.75 Å². The molecule has 5 heteroatoms. The molecule has 0 aromatic heterocycles. The summed E-state index contributed by atoms with van der Waals surface area (Å²) in [6.07, 6.45) is 4.51. The Morgan fingerprint density at radius 2 is 1.40 bits per heavy atom. The monoisotopic (exact) mass is 480 g/mol. The summed E-state index contributed by atoms with van der Waals surface area (Å²) in [5.41, 5.74) is 7.56. The van der Waals surface area contributed by atoms with E-state index in [1.54, 1.807) is 0 Å². The minimum Gasteiger partial charge on any atom is -0.403 e. The van der Waals surface area contributed by atoms with E-state index in [1.165, 1.54) is 66.0 Å². The first-order valence-electron chi connectivity index (χ1n) is 12.1. The highest BCUT2D eigenvalue weighted by Crippen LogP contribution is 2.35. The van der Waals surface area contributed by atoms with Crippen molar-refractivity contribution in [3.63, 3.8) is 0 Å². The molecule has 3 aromatic rings. The molecule has 1 aliphatic rings. The number of hydrogen-bond donors (Lipinski definition) is 0. The molecule has 0 amide bonds. The van der Waals surface area contributed by atoms with Crippen molar-refractivity contribution in [2.45, 2.75) is 64.7 Å². The Kier molecular flexibility index (Phi) is 7.80. The Labute approximate surface area is 204 Å². The fourth-order valence-corrected chi connectivity index (χ4v) is 4.55. The van der Waals surface area contributed by atoms with Gasteiger partial charge in [-0.25, -0.2) is 4.39 Å². The van der Waals surface area contributed by atoms with Gasteiger partial charge in [0.15, 0.2) is 11.6 Å². The number of halogens is 4. The largest absolute Gasteiger partial charge is 0.573 e. The van der Waals surface area contributed by atoms with Gasteiger partial charge in [0.05, 0.1) is 0 Å². The van der Waals surface area contributed by atoms with Crippen LogP contribution in [-0.4, -0.2) is 6.36 Å². The smallest absolute Gasteiger partial charge is 0.403 e. The van der Waals surface area contributed by atoms with Crippen molar-refractivity contribution in [2.75, 3.05) is 0 Å². The molecular formula is C30H28F4O. The number of rotatable bonds is 7. The van der Waals surface area contributed by atoms with Crippen LogP contribution in [0.15, 0.2) is 54.6 Å². The summed E-state index contributed by atoms with van der Waals surface area (Å²) in [5, 5.41) is 0. The Hall–Kier alpha value is -3.26. The summed E-state index contributed by atoms with van der Waals surface area (Å²) in [7, 11) is 0. The quantitative estimate of drug-likeness (QED) is 0.187. The van der Waals surface area contributed by atoms with Crippen LogP contribution in [0.2, 0.25) is 0 Å². The van der Waals surface area contributed by atoms with E-state index in [2.05, 4.69) is 47.8 Å². The lowest BCUT2D eigenvalue weighted by molar-refractivity contribution is -0.275. The van der Waals surface area contributed by atoms with Gasteiger partial charge in [-0.2, -0.15) is 0 Å². The van der Waals surface area contributed by atoms with Crippen LogP contribution >= 0.6 is 0 Å². The molecule has 0 saturated carbocycles. The molecule has 0 aliphatic heterocycles. The number of hydrogen-bond acceptors (Lipinski definition) is 1. The van der Waals surface area contributed by atoms with Crippen molar-refractivity contribution in [3.05, 3.63) is 88.2 Å². The Balaban J connectivity index is 1.46. The average Bonchev–Trinajstić information content (AvgIpc) is 2.83. The second-order valence-corrected chi connectivity index (χ2v) is 8.97. The fraction of sp³-hybridized carbons (Fsp3) is 0.333. The maximum atomic E-state index is 13.9. The first-order valence-corrected chi connectivity index (χ1v) is 12.1. The molecule has 0 saturated heterocycles. The number of aryl methyl sites for hydroxylation is 3. The van der Waals surface area contributed by atoms with Gasteiger partial charge in [-0.1, -0.05) is 68.7 Å². The van der Waals surface area contributed by atoms with E-state index in [0.717, 1.165) is 37.0 Å². The molecule has 4 rings (SSSR count). The molecule has 1 aliphatic carbocycles. The van der Waals surface area contributed by atoms with Crippen molar-refractivity contribution < 1.29 is 22.3 Å². The van der Waals surface area contributed by atoms with Crippen molar-refractivity contribution in [1.82, 2.24) is 0 Å². The van der Waals surface area contributed by atoms with E-state index in [0.29, 0.717) is 0 Å². The zero-order valence-corrected chi connectivity index (χ0v) is 19.8. The zero-order valence-electron chi connectivity index (χ0n) is 19.8. The third-order valence-electron chi connectivity index (χ3n) is 6.31. The Morgan fingerprint density at radius 1 is 0.771 bits per heavy atom. The van der Waals surface area contributed by atoms with Crippen LogP contribution in [-0.2, 0) is 19.3 Å². The summed E-state index contributed by atoms with van der Waals surface area (Å²) in [4.78, 5) is 0. The third-order valence-corrected chi connectivity index (χ3v) is 6.31. The van der Waals surface area contributed by atoms with Gasteiger partial charge in [0.25, 0.3) is 0 Å². The van der Waals surface area contributed by atoms with E-state index in [-0.39, 0.29) is 5.56 Å². The maximum Gasteiger partial charge on any atom is 0.573 e. The molecule has 0 heterocycles. The lowest BCUT2D eigenvalue weighted by Gasteiger charge is -2.21. The number of benzene rings is 3. The first-order chi connectivity index (χ1) is 16.8. The van der Waals surface area contributed by atoms with Gasteiger partial charge >= 0.3 is 6.36 Å². The van der Waals surface area contributed by atoms with Crippen molar-refractivity contribution in [1.29, 1.82) is 0 Å². The van der Waals surface area contributed by atoms with Crippen LogP contribution in [0.1, 0.15) is 66.8 Å². The van der Waals surface area contributed by atoms with Gasteiger partial charge in [0.2, 0.25) is 0 Å². The van der Waals surface area contributed by atoms with Crippen molar-refractivity contribution >= 4 is 0 Å². The minimum atomic E-state index is -4.94. The molecule has 0 atom stereocenters. The predicted octanol–water partition coefficient (Wildman–Crippen LogP) is 8.40. The fourth-order valence-electron chi connectivity index (χ4n) is 4.55. The third kappa shape index (κ3) is 6.66. The van der Waals surface area contributed by atoms with E-state index in [4.69, 9.17) is 0 Å². The maximum absolute atomic E-state index is 13.9. The number of ether oxygens (including phenoxy) is 1. The standard InChI is InChI=1S/C30H28F4O/c1-2-3-4-5-6-7-21-10-15-26-24(18-21)13-14-25-19-22(11-16-27(25)26)8-9-23-12-17-29(28(31)20-23)35-30(32,33)34/h10-12,15-20H,2-7,13-14H2,1H3. The summed E-state index contributed by atoms with van der Waals surface area (Å²) in [5.74, 6) is 3.86. The molecule has 0 spiro atoms. The average molecular weight is 481 g/mol. The van der Waals surface area contributed by atoms with Gasteiger partial charge in [0.1, 0.15) is 0 Å². The second-order valence-electron chi connectivity index (χ2n) is 8.97. The molecular weight excluding hydrogens is 452 g/mol. The highest BCUT2D eigenvalue weighted by Gasteiger charge is 2.32. The van der Waals surface area contributed by atoms with Crippen LogP contribution in [0, 0.1) is 17.7 Å². The Bertz CT molecular complexity index is 1250. The van der Waals surface area contributed by atoms with E-state index < -0.39 is 17.9 Å². The zero-order chi connectivity index (χ0) is 24.8. The molecule has 0 unspecified atom stereocenters. The van der Waals surface area contributed by atoms with Crippen LogP contribution in [0.4, 0.5) is 17.6 Å². The summed E-state index contributed by atoms with van der Waals surface area (Å²) < 4.78 is 54.5. The van der Waals surface area contributed by atoms with Gasteiger partial charge in [-0.15, -0.1) is 13.2 Å². The topological polar surface area (TPSA) is 9.23 Å². The molecule has 0 bridgehead atoms. The number of fused-ring (bicyclic) bond motifs is 3. The van der Waals surface area contributed by atoms with Gasteiger partial charge in [-0.3, -0.25) is 0 Å². The van der Waals surface area contributed by atoms with Crippen molar-refractivity contribution in [2.24, 2.45) is 0 Å². The molecule has 3 aromatic carbocycles. The van der Waals surface area contributed by atoms with Crippen LogP contribution < -0.4 is 4.74 Å². The van der Waals surface area contributed by atoms with Crippen molar-refractivity contribution in [3.8, 4) is 28.7 Å². The van der Waals surface area contributed by atoms with Gasteiger partial charge in [-0.05, 0) is 83.8 Å². The lowest BCUT2D eigenvalue weighted by Crippen LogP contribution is -2.17. The van der Waals surface area contributed by atoms with Crippen LogP contribution in [0.3, 0.4) is 0 Å². The van der Waals surface area contributed by atoms with E-state index in [1.807, 2.05) is 12.1 Å². The summed E-state index contributed by atoms with van der Waals surface area (Å²) >= 11 is 0. The molecule has 182 valence electrons. The van der Waals surface area contributed by atoms with Gasteiger partial charge < -0.3 is 4.74 Å². The molecule has 35 heavy (non-hydrogen) atoms. The Morgan fingerprint density at radius 3 is 2.09 bits per heavy atom. The number of alkyl halides is 3. The normalized spacial score (nSPS) is 12.4. The molecule has 1 nitrogen and oxygen atoms in total. The molecule has 0 radical (unpaired) electrons. The first kappa shape index (κ1) is 24.9. The highest BCUT2D eigenvalue weighted by atomic mass is 19.4. The second kappa shape index (κ2) is 11.0. The van der Waals surface area contributed by atoms with E-state index >= 15 is 0 Å². The lowest BCUT2D eigenvalue weighted by atomic mass is 9.83.